The first-order valence-corrected chi connectivity index (χ1v) is 9.44. The van der Waals surface area contributed by atoms with Crippen LogP contribution in [-0.4, -0.2) is 33.5 Å². The molecule has 0 aliphatic rings. The van der Waals surface area contributed by atoms with Crippen LogP contribution in [0.15, 0.2) is 53.4 Å². The van der Waals surface area contributed by atoms with E-state index < -0.39 is 15.6 Å². The third-order valence-corrected chi connectivity index (χ3v) is 4.86. The fourth-order valence-electron chi connectivity index (χ4n) is 2.13. The monoisotopic (exact) mass is 377 g/mol. The molecule has 0 saturated heterocycles. The van der Waals surface area contributed by atoms with Crippen molar-refractivity contribution in [2.24, 2.45) is 5.73 Å². The van der Waals surface area contributed by atoms with Crippen molar-refractivity contribution in [3.8, 4) is 5.75 Å². The van der Waals surface area contributed by atoms with Gasteiger partial charge in [-0.25, -0.2) is 8.42 Å². The number of anilines is 1. The number of sulfonamides is 1. The molecule has 0 heterocycles. The molecule has 0 radical (unpaired) electrons. The van der Waals surface area contributed by atoms with E-state index in [0.29, 0.717) is 23.5 Å². The number of hydrogen-bond donors (Lipinski definition) is 3. The first-order valence-electron chi connectivity index (χ1n) is 7.95. The van der Waals surface area contributed by atoms with E-state index in [4.69, 9.17) is 10.5 Å². The second-order valence-corrected chi connectivity index (χ2v) is 8.18. The van der Waals surface area contributed by atoms with Gasteiger partial charge in [-0.15, -0.1) is 0 Å². The lowest BCUT2D eigenvalue weighted by Gasteiger charge is -2.18. The Morgan fingerprint density at radius 2 is 1.73 bits per heavy atom. The number of benzene rings is 2. The summed E-state index contributed by atoms with van der Waals surface area (Å²) in [6.07, 6.45) is 0. The van der Waals surface area contributed by atoms with Crippen molar-refractivity contribution in [1.29, 1.82) is 0 Å². The van der Waals surface area contributed by atoms with Crippen LogP contribution in [0.25, 0.3) is 0 Å². The van der Waals surface area contributed by atoms with Gasteiger partial charge in [0.2, 0.25) is 0 Å². The highest BCUT2D eigenvalue weighted by Gasteiger charge is 2.18. The Kier molecular flexibility index (Phi) is 5.89. The number of hydrogen-bond acceptors (Lipinski definition) is 5. The average molecular weight is 377 g/mol. The normalized spacial score (nSPS) is 11.7. The lowest BCUT2D eigenvalue weighted by molar-refractivity contribution is 0.0946. The lowest BCUT2D eigenvalue weighted by Crippen LogP contribution is -2.45. The Labute approximate surface area is 153 Å². The van der Waals surface area contributed by atoms with Gasteiger partial charge < -0.3 is 15.8 Å². The molecule has 0 aromatic heterocycles. The summed E-state index contributed by atoms with van der Waals surface area (Å²) in [5.41, 5.74) is 5.98. The van der Waals surface area contributed by atoms with Gasteiger partial charge in [-0.3, -0.25) is 9.52 Å². The maximum atomic E-state index is 12.5. The Hall–Kier alpha value is -2.58. The molecule has 0 aliphatic heterocycles. The molecule has 0 spiro atoms. The molecule has 0 saturated carbocycles. The Morgan fingerprint density at radius 3 is 2.31 bits per heavy atom. The fourth-order valence-corrected chi connectivity index (χ4v) is 3.20. The molecular formula is C18H23N3O4S. The first kappa shape index (κ1) is 19.7. The zero-order chi connectivity index (χ0) is 19.4. The maximum Gasteiger partial charge on any atom is 0.262 e. The van der Waals surface area contributed by atoms with Gasteiger partial charge in [-0.1, -0.05) is 12.1 Å². The molecule has 2 aromatic carbocycles. The van der Waals surface area contributed by atoms with Crippen LogP contribution < -0.4 is 20.5 Å². The summed E-state index contributed by atoms with van der Waals surface area (Å²) in [5.74, 6) is 0.0987. The number of carbonyl (C=O) groups is 1. The summed E-state index contributed by atoms with van der Waals surface area (Å²) in [7, 11) is -2.34. The van der Waals surface area contributed by atoms with Crippen molar-refractivity contribution >= 4 is 21.6 Å². The SMILES string of the molecule is COc1ccccc1NS(=O)(=O)c1ccc(C(=O)NCC(C)(C)N)cc1. The van der Waals surface area contributed by atoms with Crippen molar-refractivity contribution in [3.05, 3.63) is 54.1 Å². The van der Waals surface area contributed by atoms with E-state index in [2.05, 4.69) is 10.0 Å². The van der Waals surface area contributed by atoms with Crippen LogP contribution in [0.1, 0.15) is 24.2 Å². The number of rotatable bonds is 7. The van der Waals surface area contributed by atoms with Crippen molar-refractivity contribution < 1.29 is 17.9 Å². The molecule has 2 aromatic rings. The molecule has 0 bridgehead atoms. The quantitative estimate of drug-likeness (QED) is 0.683. The third-order valence-electron chi connectivity index (χ3n) is 3.48. The first-order chi connectivity index (χ1) is 12.1. The molecule has 0 fully saturated rings. The van der Waals surface area contributed by atoms with Crippen LogP contribution >= 0.6 is 0 Å². The fraction of sp³-hybridized carbons (Fsp3) is 0.278. The summed E-state index contributed by atoms with van der Waals surface area (Å²) < 4.78 is 32.7. The molecular weight excluding hydrogens is 354 g/mol. The van der Waals surface area contributed by atoms with Gasteiger partial charge in [0.1, 0.15) is 5.75 Å². The Balaban J connectivity index is 2.15. The second kappa shape index (κ2) is 7.76. The van der Waals surface area contributed by atoms with Crippen LogP contribution in [-0.2, 0) is 10.0 Å². The van der Waals surface area contributed by atoms with Crippen LogP contribution in [0.2, 0.25) is 0 Å². The highest BCUT2D eigenvalue weighted by Crippen LogP contribution is 2.26. The van der Waals surface area contributed by atoms with Gasteiger partial charge in [0.15, 0.2) is 0 Å². The summed E-state index contributed by atoms with van der Waals surface area (Å²) in [6, 6.07) is 12.4. The average Bonchev–Trinajstić information content (AvgIpc) is 2.59. The van der Waals surface area contributed by atoms with Gasteiger partial charge in [-0.2, -0.15) is 0 Å². The van der Waals surface area contributed by atoms with Crippen LogP contribution in [0, 0.1) is 0 Å². The minimum Gasteiger partial charge on any atom is -0.495 e. The molecule has 4 N–H and O–H groups in total. The predicted molar refractivity (Wildman–Crippen MR) is 101 cm³/mol. The van der Waals surface area contributed by atoms with Gasteiger partial charge >= 0.3 is 0 Å². The standard InChI is InChI=1S/C18H23N3O4S/c1-18(2,19)12-20-17(22)13-8-10-14(11-9-13)26(23,24)21-15-6-4-5-7-16(15)25-3/h4-11,21H,12,19H2,1-3H3,(H,20,22). The highest BCUT2D eigenvalue weighted by atomic mass is 32.2. The molecule has 0 aliphatic carbocycles. The van der Waals surface area contributed by atoms with E-state index in [-0.39, 0.29) is 10.8 Å². The van der Waals surface area contributed by atoms with Crippen molar-refractivity contribution in [1.82, 2.24) is 5.32 Å². The summed E-state index contributed by atoms with van der Waals surface area (Å²) >= 11 is 0. The van der Waals surface area contributed by atoms with Crippen molar-refractivity contribution in [2.45, 2.75) is 24.3 Å². The van der Waals surface area contributed by atoms with Gasteiger partial charge in [0, 0.05) is 17.6 Å². The van der Waals surface area contributed by atoms with E-state index in [9.17, 15) is 13.2 Å². The van der Waals surface area contributed by atoms with Crippen LogP contribution in [0.3, 0.4) is 0 Å². The van der Waals surface area contributed by atoms with E-state index in [1.807, 2.05) is 0 Å². The number of nitrogens with one attached hydrogen (secondary N) is 2. The number of para-hydroxylation sites is 2. The molecule has 140 valence electrons. The van der Waals surface area contributed by atoms with Crippen LogP contribution in [0.5, 0.6) is 5.75 Å². The smallest absolute Gasteiger partial charge is 0.262 e. The molecule has 8 heteroatoms. The second-order valence-electron chi connectivity index (χ2n) is 6.50. The van der Waals surface area contributed by atoms with Crippen molar-refractivity contribution in [2.75, 3.05) is 18.4 Å². The summed E-state index contributed by atoms with van der Waals surface area (Å²) in [5, 5.41) is 2.71. The Morgan fingerprint density at radius 1 is 1.12 bits per heavy atom. The van der Waals surface area contributed by atoms with Crippen LogP contribution in [0.4, 0.5) is 5.69 Å². The molecule has 7 nitrogen and oxygen atoms in total. The minimum atomic E-state index is -3.81. The number of carbonyl (C=O) groups excluding carboxylic acids is 1. The summed E-state index contributed by atoms with van der Waals surface area (Å²) in [4.78, 5) is 12.1. The number of amides is 1. The van der Waals surface area contributed by atoms with E-state index in [0.717, 1.165) is 0 Å². The largest absolute Gasteiger partial charge is 0.495 e. The molecule has 1 amide bonds. The maximum absolute atomic E-state index is 12.5. The third kappa shape index (κ3) is 5.21. The van der Waals surface area contributed by atoms with E-state index in [1.165, 1.54) is 31.4 Å². The molecule has 0 unspecified atom stereocenters. The summed E-state index contributed by atoms with van der Waals surface area (Å²) in [6.45, 7) is 3.90. The van der Waals surface area contributed by atoms with Gasteiger partial charge in [0.05, 0.1) is 17.7 Å². The molecule has 2 rings (SSSR count). The topological polar surface area (TPSA) is 111 Å². The van der Waals surface area contributed by atoms with Gasteiger partial charge in [0.25, 0.3) is 15.9 Å². The number of ether oxygens (including phenoxy) is 1. The van der Waals surface area contributed by atoms with Crippen molar-refractivity contribution in [3.63, 3.8) is 0 Å². The van der Waals surface area contributed by atoms with E-state index >= 15 is 0 Å². The molecule has 26 heavy (non-hydrogen) atoms. The minimum absolute atomic E-state index is 0.0408. The number of methoxy groups -OCH3 is 1. The zero-order valence-electron chi connectivity index (χ0n) is 14.9. The zero-order valence-corrected chi connectivity index (χ0v) is 15.8. The van der Waals surface area contributed by atoms with Gasteiger partial charge in [-0.05, 0) is 50.2 Å². The lowest BCUT2D eigenvalue weighted by atomic mass is 10.1. The Bertz CT molecular complexity index is 872. The highest BCUT2D eigenvalue weighted by molar-refractivity contribution is 7.92. The molecule has 0 atom stereocenters. The predicted octanol–water partition coefficient (Wildman–Crippen LogP) is 1.96. The van der Waals surface area contributed by atoms with E-state index in [1.54, 1.807) is 38.1 Å². The number of nitrogens with two attached hydrogens (primary N) is 1.